The predicted octanol–water partition coefficient (Wildman–Crippen LogP) is 1.77. The number of nitrogens with one attached hydrogen (secondary N) is 1. The molecule has 0 rings (SSSR count). The molecule has 0 heterocycles. The largest absolute Gasteiger partial charge is 0.449 e. The molecule has 1 N–H and O–H groups in total. The fourth-order valence-electron chi connectivity index (χ4n) is 0.957. The third kappa shape index (κ3) is 7.09. The van der Waals surface area contributed by atoms with Crippen molar-refractivity contribution in [1.82, 2.24) is 5.32 Å². The molecule has 0 atom stereocenters. The molecule has 0 radical (unpaired) electrons. The average Bonchev–Trinajstić information content (AvgIpc) is 2.39. The summed E-state index contributed by atoms with van der Waals surface area (Å²) in [6.45, 7) is 9.35. The molecule has 1 amide bonds. The zero-order valence-corrected chi connectivity index (χ0v) is 11.6. The van der Waals surface area contributed by atoms with Crippen LogP contribution in [0.25, 0.3) is 0 Å². The van der Waals surface area contributed by atoms with Crippen molar-refractivity contribution in [3.8, 4) is 6.07 Å². The lowest BCUT2D eigenvalue weighted by atomic mass is 9.83. The molecule has 0 aliphatic carbocycles. The summed E-state index contributed by atoms with van der Waals surface area (Å²) in [6, 6.07) is 1.65. The summed E-state index contributed by atoms with van der Waals surface area (Å²) in [5.41, 5.74) is 0.698. The van der Waals surface area contributed by atoms with E-state index in [1.807, 2.05) is 20.8 Å². The number of nitrogens with zero attached hydrogens (tertiary/aromatic N) is 1. The van der Waals surface area contributed by atoms with Gasteiger partial charge in [0.05, 0.1) is 0 Å². The first-order valence-electron chi connectivity index (χ1n) is 5.95. The van der Waals surface area contributed by atoms with Crippen LogP contribution in [-0.4, -0.2) is 31.8 Å². The molecular weight excluding hydrogens is 248 g/mol. The molecule has 0 aromatic rings. The number of rotatable bonds is 7. The summed E-state index contributed by atoms with van der Waals surface area (Å²) in [5.74, 6) is -0.689. The zero-order valence-electron chi connectivity index (χ0n) is 11.6. The summed E-state index contributed by atoms with van der Waals surface area (Å²) < 4.78 is 9.38. The van der Waals surface area contributed by atoms with E-state index in [0.717, 1.165) is 12.0 Å². The average molecular weight is 268 g/mol. The van der Waals surface area contributed by atoms with Crippen molar-refractivity contribution in [3.63, 3.8) is 0 Å². The van der Waals surface area contributed by atoms with E-state index in [2.05, 4.69) is 16.6 Å². The van der Waals surface area contributed by atoms with Gasteiger partial charge in [-0.3, -0.25) is 4.79 Å². The van der Waals surface area contributed by atoms with Crippen LogP contribution in [0.15, 0.2) is 12.2 Å². The van der Waals surface area contributed by atoms with Gasteiger partial charge in [0.1, 0.15) is 19.2 Å². The molecule has 106 valence electrons. The molecule has 0 aromatic heterocycles. The first-order chi connectivity index (χ1) is 8.83. The fourth-order valence-corrected chi connectivity index (χ4v) is 0.957. The minimum atomic E-state index is -0.720. The second kappa shape index (κ2) is 8.14. The monoisotopic (exact) mass is 268 g/mol. The molecule has 0 saturated heterocycles. The van der Waals surface area contributed by atoms with Gasteiger partial charge in [-0.1, -0.05) is 27.4 Å². The van der Waals surface area contributed by atoms with Gasteiger partial charge in [-0.05, 0) is 17.4 Å². The van der Waals surface area contributed by atoms with E-state index in [-0.39, 0.29) is 25.2 Å². The SMILES string of the molecule is C=C(COC(=O)NCC(=O)OCC#N)C(C)(C)CC. The molecule has 0 saturated carbocycles. The molecule has 6 heteroatoms. The number of esters is 1. The highest BCUT2D eigenvalue weighted by Gasteiger charge is 2.20. The highest BCUT2D eigenvalue weighted by molar-refractivity contribution is 5.77. The molecule has 0 bridgehead atoms. The van der Waals surface area contributed by atoms with Gasteiger partial charge in [0.15, 0.2) is 6.61 Å². The first kappa shape index (κ1) is 17.0. The molecule has 0 aliphatic rings. The maximum Gasteiger partial charge on any atom is 0.407 e. The Morgan fingerprint density at radius 2 is 2.00 bits per heavy atom. The second-order valence-electron chi connectivity index (χ2n) is 4.59. The van der Waals surface area contributed by atoms with Crippen molar-refractivity contribution in [2.75, 3.05) is 19.8 Å². The van der Waals surface area contributed by atoms with Crippen molar-refractivity contribution in [2.24, 2.45) is 5.41 Å². The van der Waals surface area contributed by atoms with Crippen LogP contribution in [0.3, 0.4) is 0 Å². The Morgan fingerprint density at radius 1 is 1.37 bits per heavy atom. The van der Waals surface area contributed by atoms with Crippen molar-refractivity contribution in [3.05, 3.63) is 12.2 Å². The molecule has 19 heavy (non-hydrogen) atoms. The van der Waals surface area contributed by atoms with Crippen molar-refractivity contribution in [2.45, 2.75) is 27.2 Å². The molecule has 0 aliphatic heterocycles. The van der Waals surface area contributed by atoms with Crippen molar-refractivity contribution >= 4 is 12.1 Å². The van der Waals surface area contributed by atoms with Gasteiger partial charge in [-0.2, -0.15) is 5.26 Å². The number of ether oxygens (including phenoxy) is 2. The first-order valence-corrected chi connectivity index (χ1v) is 5.95. The summed E-state index contributed by atoms with van der Waals surface area (Å²) in [7, 11) is 0. The third-order valence-electron chi connectivity index (χ3n) is 2.89. The highest BCUT2D eigenvalue weighted by Crippen LogP contribution is 2.28. The van der Waals surface area contributed by atoms with E-state index in [9.17, 15) is 9.59 Å². The third-order valence-corrected chi connectivity index (χ3v) is 2.89. The molecule has 0 unspecified atom stereocenters. The number of hydrogen-bond donors (Lipinski definition) is 1. The molecule has 6 nitrogen and oxygen atoms in total. The van der Waals surface area contributed by atoms with Gasteiger partial charge < -0.3 is 14.8 Å². The Morgan fingerprint density at radius 3 is 2.53 bits per heavy atom. The van der Waals surface area contributed by atoms with Crippen molar-refractivity contribution < 1.29 is 19.1 Å². The van der Waals surface area contributed by atoms with Gasteiger partial charge in [0.2, 0.25) is 0 Å². The van der Waals surface area contributed by atoms with Gasteiger partial charge in [0.25, 0.3) is 0 Å². The quantitative estimate of drug-likeness (QED) is 0.561. The number of carbonyl (C=O) groups excluding carboxylic acids is 2. The van der Waals surface area contributed by atoms with Crippen LogP contribution in [0.5, 0.6) is 0 Å². The van der Waals surface area contributed by atoms with E-state index >= 15 is 0 Å². The van der Waals surface area contributed by atoms with Crippen LogP contribution in [0.1, 0.15) is 27.2 Å². The summed E-state index contributed by atoms with van der Waals surface area (Å²) in [5, 5.41) is 10.4. The second-order valence-corrected chi connectivity index (χ2v) is 4.59. The highest BCUT2D eigenvalue weighted by atomic mass is 16.6. The van der Waals surface area contributed by atoms with Gasteiger partial charge in [0, 0.05) is 0 Å². The Bertz CT molecular complexity index is 383. The van der Waals surface area contributed by atoms with E-state index in [1.54, 1.807) is 6.07 Å². The van der Waals surface area contributed by atoms with Gasteiger partial charge in [-0.15, -0.1) is 0 Å². The van der Waals surface area contributed by atoms with Crippen LogP contribution in [0.2, 0.25) is 0 Å². The number of amides is 1. The van der Waals surface area contributed by atoms with Crippen LogP contribution < -0.4 is 5.32 Å². The minimum absolute atomic E-state index is 0.0971. The van der Waals surface area contributed by atoms with E-state index < -0.39 is 12.1 Å². The summed E-state index contributed by atoms with van der Waals surface area (Å²) in [6.07, 6.45) is 0.166. The molecule has 0 spiro atoms. The summed E-state index contributed by atoms with van der Waals surface area (Å²) in [4.78, 5) is 22.3. The lowest BCUT2D eigenvalue weighted by molar-refractivity contribution is -0.141. The molecule has 0 fully saturated rings. The Hall–Kier alpha value is -2.03. The Kier molecular flexibility index (Phi) is 7.27. The van der Waals surface area contributed by atoms with E-state index in [1.165, 1.54) is 0 Å². The smallest absolute Gasteiger partial charge is 0.407 e. The standard InChI is InChI=1S/C13H20N2O4/c1-5-13(3,4)10(2)9-19-12(17)15-8-11(16)18-7-6-14/h2,5,7-9H2,1,3-4H3,(H,15,17). The predicted molar refractivity (Wildman–Crippen MR) is 69.1 cm³/mol. The van der Waals surface area contributed by atoms with E-state index in [0.29, 0.717) is 0 Å². The topological polar surface area (TPSA) is 88.4 Å². The van der Waals surface area contributed by atoms with Gasteiger partial charge in [-0.25, -0.2) is 4.79 Å². The van der Waals surface area contributed by atoms with Crippen molar-refractivity contribution in [1.29, 1.82) is 5.26 Å². The molecular formula is C13H20N2O4. The van der Waals surface area contributed by atoms with Gasteiger partial charge >= 0.3 is 12.1 Å². The van der Waals surface area contributed by atoms with Crippen LogP contribution in [-0.2, 0) is 14.3 Å². The minimum Gasteiger partial charge on any atom is -0.449 e. The lowest BCUT2D eigenvalue weighted by Crippen LogP contribution is -2.32. The number of carbonyl (C=O) groups is 2. The Labute approximate surface area is 113 Å². The summed E-state index contributed by atoms with van der Waals surface area (Å²) >= 11 is 0. The lowest BCUT2D eigenvalue weighted by Gasteiger charge is -2.25. The maximum atomic E-state index is 11.3. The van der Waals surface area contributed by atoms with Crippen LogP contribution in [0, 0.1) is 16.7 Å². The maximum absolute atomic E-state index is 11.3. The van der Waals surface area contributed by atoms with Crippen LogP contribution >= 0.6 is 0 Å². The number of nitriles is 1. The number of alkyl carbamates (subject to hydrolysis) is 1. The fraction of sp³-hybridized carbons (Fsp3) is 0.615. The molecule has 0 aromatic carbocycles. The number of hydrogen-bond acceptors (Lipinski definition) is 5. The van der Waals surface area contributed by atoms with Crippen LogP contribution in [0.4, 0.5) is 4.79 Å². The zero-order chi connectivity index (χ0) is 14.9. The van der Waals surface area contributed by atoms with E-state index in [4.69, 9.17) is 10.00 Å². The Balaban J connectivity index is 3.92. The normalized spacial score (nSPS) is 10.2.